The highest BCUT2D eigenvalue weighted by Gasteiger charge is 2.44. The van der Waals surface area contributed by atoms with E-state index >= 15 is 0 Å². The molecule has 5 heterocycles. The number of aromatic nitrogens is 7. The Morgan fingerprint density at radius 1 is 0.882 bits per heavy atom. The highest BCUT2D eigenvalue weighted by Crippen LogP contribution is 2.35. The highest BCUT2D eigenvalue weighted by atomic mass is 32.1. The van der Waals surface area contributed by atoms with Crippen molar-refractivity contribution in [1.82, 2.24) is 55.2 Å². The van der Waals surface area contributed by atoms with Gasteiger partial charge >= 0.3 is 6.18 Å². The summed E-state index contributed by atoms with van der Waals surface area (Å²) in [5.41, 5.74) is 6.72. The van der Waals surface area contributed by atoms with Gasteiger partial charge in [0.25, 0.3) is 5.91 Å². The Kier molecular flexibility index (Phi) is 17.4. The van der Waals surface area contributed by atoms with Gasteiger partial charge in [0.05, 0.1) is 51.2 Å². The molecule has 3 aromatic carbocycles. The maximum atomic E-state index is 14.2. The third-order valence-electron chi connectivity index (χ3n) is 14.2. The van der Waals surface area contributed by atoms with E-state index in [9.17, 15) is 37.5 Å². The fraction of sp³-hybridized carbons (Fsp3) is 0.464. The van der Waals surface area contributed by atoms with Crippen LogP contribution in [0.4, 0.5) is 13.2 Å². The van der Waals surface area contributed by atoms with Gasteiger partial charge in [-0.15, -0.1) is 16.4 Å². The van der Waals surface area contributed by atoms with Crippen LogP contribution in [0.25, 0.3) is 38.1 Å². The van der Waals surface area contributed by atoms with Crippen LogP contribution in [0.2, 0.25) is 0 Å². The number of nitrogens with one attached hydrogen (secondary N) is 3. The van der Waals surface area contributed by atoms with E-state index in [4.69, 9.17) is 0 Å². The normalized spacial score (nSPS) is 15.8. The van der Waals surface area contributed by atoms with Gasteiger partial charge in [0.1, 0.15) is 12.1 Å². The number of aryl methyl sites for hydroxylation is 4. The van der Waals surface area contributed by atoms with E-state index in [1.165, 1.54) is 17.0 Å². The van der Waals surface area contributed by atoms with Gasteiger partial charge in [0, 0.05) is 67.7 Å². The molecule has 4 aromatic heterocycles. The lowest BCUT2D eigenvalue weighted by molar-refractivity contribution is -0.144. The van der Waals surface area contributed by atoms with E-state index in [2.05, 4.69) is 36.3 Å². The number of fused-ring (bicyclic) bond motifs is 3. The quantitative estimate of drug-likeness (QED) is 0.0479. The summed E-state index contributed by atoms with van der Waals surface area (Å²) in [6, 6.07) is 16.1. The number of carbonyl (C=O) groups excluding carboxylic acids is 4. The summed E-state index contributed by atoms with van der Waals surface area (Å²) in [7, 11) is 1.77. The van der Waals surface area contributed by atoms with E-state index in [0.717, 1.165) is 114 Å². The largest absolute Gasteiger partial charge is 0.416 e. The summed E-state index contributed by atoms with van der Waals surface area (Å²) < 4.78 is 45.2. The minimum atomic E-state index is -4.44. The topological polar surface area (TPSA) is 194 Å². The van der Waals surface area contributed by atoms with Gasteiger partial charge in [0.2, 0.25) is 17.7 Å². The molecule has 404 valence electrons. The molecule has 2 unspecified atom stereocenters. The summed E-state index contributed by atoms with van der Waals surface area (Å²) in [4.78, 5) is 61.3. The second-order valence-electron chi connectivity index (χ2n) is 21.1. The van der Waals surface area contributed by atoms with Crippen LogP contribution >= 0.6 is 11.3 Å². The van der Waals surface area contributed by atoms with Crippen LogP contribution in [0.1, 0.15) is 131 Å². The van der Waals surface area contributed by atoms with E-state index in [-0.39, 0.29) is 43.1 Å². The Morgan fingerprint density at radius 3 is 2.32 bits per heavy atom. The Hall–Kier alpha value is -6.93. The van der Waals surface area contributed by atoms with Crippen molar-refractivity contribution in [3.8, 4) is 16.1 Å². The predicted molar refractivity (Wildman–Crippen MR) is 287 cm³/mol. The van der Waals surface area contributed by atoms with Crippen LogP contribution in [0.3, 0.4) is 0 Å². The van der Waals surface area contributed by atoms with Crippen molar-refractivity contribution >= 4 is 56.9 Å². The smallest absolute Gasteiger partial charge is 0.391 e. The lowest BCUT2D eigenvalue weighted by Gasteiger charge is -2.35. The predicted octanol–water partition coefficient (Wildman–Crippen LogP) is 9.41. The number of likely N-dealkylation sites (tertiary alicyclic amines) is 1. The molecule has 8 rings (SSSR count). The fourth-order valence-electron chi connectivity index (χ4n) is 9.99. The molecular weight excluding hydrogens is 996 g/mol. The summed E-state index contributed by atoms with van der Waals surface area (Å²) >= 11 is 1.57. The van der Waals surface area contributed by atoms with Crippen LogP contribution in [0.15, 0.2) is 84.6 Å². The maximum absolute atomic E-state index is 14.2. The Labute approximate surface area is 444 Å². The molecular formula is C56H68F3N11O5S. The van der Waals surface area contributed by atoms with Crippen molar-refractivity contribution in [2.24, 2.45) is 12.5 Å². The summed E-state index contributed by atoms with van der Waals surface area (Å²) in [5, 5.41) is 34.3. The van der Waals surface area contributed by atoms with E-state index in [0.29, 0.717) is 29.9 Å². The number of benzene rings is 3. The third kappa shape index (κ3) is 13.2. The van der Waals surface area contributed by atoms with Gasteiger partial charge in [-0.1, -0.05) is 75.9 Å². The van der Waals surface area contributed by atoms with Crippen molar-refractivity contribution in [2.45, 2.75) is 142 Å². The Bertz CT molecular complexity index is 3140. The number of alkyl halides is 3. The molecule has 1 aliphatic rings. The first-order chi connectivity index (χ1) is 36.3. The average molecular weight is 1060 g/mol. The maximum Gasteiger partial charge on any atom is 0.416 e. The van der Waals surface area contributed by atoms with Crippen molar-refractivity contribution in [2.75, 3.05) is 13.1 Å². The van der Waals surface area contributed by atoms with Gasteiger partial charge in [-0.25, -0.2) is 9.67 Å². The van der Waals surface area contributed by atoms with Crippen molar-refractivity contribution in [3.63, 3.8) is 0 Å². The first-order valence-corrected chi connectivity index (χ1v) is 27.0. The average Bonchev–Trinajstić information content (AvgIpc) is 4.23. The van der Waals surface area contributed by atoms with Gasteiger partial charge in [0.15, 0.2) is 5.65 Å². The summed E-state index contributed by atoms with van der Waals surface area (Å²) in [6.45, 7) is 10.7. The zero-order valence-corrected chi connectivity index (χ0v) is 44.8. The monoisotopic (exact) mass is 1060 g/mol. The second kappa shape index (κ2) is 24.0. The molecule has 4 atom stereocenters. The molecule has 0 saturated carbocycles. The first kappa shape index (κ1) is 55.3. The standard InChI is InChI=1S/C56H68F3N11O5S/c1-35(37-17-19-38(20-18-37)49-36(2)61-34-76-49)63-53(74)47-30-43(71)32-68(47)54(75)50(55(3,4)5)64-48(72)16-12-10-11-15-42-31-62-66-69(42)28-14-9-7-8-13-27-60-52(73)39-21-26-46-44(29-39)45-33-67(6)65-51(45)70(46)41-24-22-40(23-25-41)56(57,58)59/h17-26,29,31,33-35,43,47,50,71H,7-16,27-28,30,32H2,1-6H3,(H,60,73)(H,63,74)(H,64,72)/t35-,43+,47?,50?/m0/s1. The van der Waals surface area contributed by atoms with Crippen LogP contribution in [-0.4, -0.2) is 99.2 Å². The molecule has 0 radical (unpaired) electrons. The number of β-amino-alcohol motifs (C(OH)–C–C–N with tert-alkyl or cyclic N) is 1. The Balaban J connectivity index is 0.721. The number of thiazole rings is 1. The number of nitrogens with zero attached hydrogens (tertiary/aromatic N) is 8. The number of hydrogen-bond donors (Lipinski definition) is 4. The molecule has 1 saturated heterocycles. The minimum Gasteiger partial charge on any atom is -0.391 e. The number of unbranched alkanes of at least 4 members (excludes halogenated alkanes) is 6. The van der Waals surface area contributed by atoms with Crippen molar-refractivity contribution < 1.29 is 37.5 Å². The van der Waals surface area contributed by atoms with Crippen LogP contribution in [0.5, 0.6) is 0 Å². The first-order valence-electron chi connectivity index (χ1n) is 26.2. The number of amides is 4. The van der Waals surface area contributed by atoms with E-state index < -0.39 is 41.2 Å². The molecule has 1 fully saturated rings. The van der Waals surface area contributed by atoms with Gasteiger partial charge in [-0.05, 0) is 105 Å². The number of aliphatic hydroxyl groups is 1. The molecule has 7 aromatic rings. The molecule has 1 aliphatic heterocycles. The number of carbonyl (C=O) groups is 4. The zero-order valence-electron chi connectivity index (χ0n) is 44.0. The summed E-state index contributed by atoms with van der Waals surface area (Å²) in [6.07, 6.45) is 6.34. The van der Waals surface area contributed by atoms with E-state index in [1.54, 1.807) is 52.0 Å². The highest BCUT2D eigenvalue weighted by molar-refractivity contribution is 7.13. The van der Waals surface area contributed by atoms with Gasteiger partial charge < -0.3 is 26.0 Å². The minimum absolute atomic E-state index is 0.00202. The lowest BCUT2D eigenvalue weighted by Crippen LogP contribution is -2.57. The molecule has 4 amide bonds. The molecule has 0 spiro atoms. The van der Waals surface area contributed by atoms with Gasteiger partial charge in [-0.2, -0.15) is 18.3 Å². The molecule has 20 heteroatoms. The van der Waals surface area contributed by atoms with Crippen LogP contribution in [0, 0.1) is 12.3 Å². The fourth-order valence-corrected chi connectivity index (χ4v) is 10.8. The van der Waals surface area contributed by atoms with Crippen LogP contribution in [-0.2, 0) is 40.6 Å². The summed E-state index contributed by atoms with van der Waals surface area (Å²) in [5.74, 6) is -1.19. The van der Waals surface area contributed by atoms with Gasteiger partial charge in [-0.3, -0.25) is 28.4 Å². The molecule has 0 aliphatic carbocycles. The second-order valence-corrected chi connectivity index (χ2v) is 21.9. The molecule has 76 heavy (non-hydrogen) atoms. The molecule has 0 bridgehead atoms. The third-order valence-corrected chi connectivity index (χ3v) is 15.2. The number of rotatable bonds is 22. The Morgan fingerprint density at radius 2 is 1.61 bits per heavy atom. The molecule has 4 N–H and O–H groups in total. The lowest BCUT2D eigenvalue weighted by atomic mass is 9.85. The van der Waals surface area contributed by atoms with Crippen molar-refractivity contribution in [3.05, 3.63) is 113 Å². The zero-order chi connectivity index (χ0) is 54.3. The van der Waals surface area contributed by atoms with Crippen molar-refractivity contribution in [1.29, 1.82) is 0 Å². The SMILES string of the molecule is Cc1ncsc1-c1ccc([C@H](C)NC(=O)C2C[C@@H](O)CN2C(=O)C(NC(=O)CCCCCc2cnnn2CCCCCCCNC(=O)c2ccc3c(c2)c2cn(C)nc2n3-c2ccc(C(F)(F)F)cc2)C(C)(C)C)cc1. The number of hydrogen-bond acceptors (Lipinski definition) is 10. The number of halogens is 3. The van der Waals surface area contributed by atoms with E-state index in [1.807, 2.05) is 75.3 Å². The molecule has 16 nitrogen and oxygen atoms in total. The van der Waals surface area contributed by atoms with Crippen LogP contribution < -0.4 is 16.0 Å². The number of aliphatic hydroxyl groups excluding tert-OH is 1.